The summed E-state index contributed by atoms with van der Waals surface area (Å²) in [5, 5.41) is 7.83. The SMILES string of the molecule is C=CO/C(=C\C)COC(=O)C(C)NC(=O)NC(C(=O)N1CC(N(C)C)C[C@H]1C(=O)NC(CC(C)CC)C(=O)C(N)=O)C(C)(C)C. The van der Waals surface area contributed by atoms with E-state index < -0.39 is 65.1 Å². The van der Waals surface area contributed by atoms with Crippen molar-refractivity contribution in [1.29, 1.82) is 0 Å². The van der Waals surface area contributed by atoms with Crippen LogP contribution in [0.3, 0.4) is 0 Å². The molecule has 45 heavy (non-hydrogen) atoms. The molecular weight excluding hydrogens is 584 g/mol. The van der Waals surface area contributed by atoms with Gasteiger partial charge in [0.15, 0.2) is 0 Å². The van der Waals surface area contributed by atoms with Crippen LogP contribution in [0.15, 0.2) is 24.7 Å². The van der Waals surface area contributed by atoms with Crippen LogP contribution in [0.5, 0.6) is 0 Å². The lowest BCUT2D eigenvalue weighted by Gasteiger charge is -2.36. The number of likely N-dealkylation sites (tertiary alicyclic amines) is 1. The number of ketones is 1. The van der Waals surface area contributed by atoms with Crippen LogP contribution in [0.1, 0.15) is 67.7 Å². The van der Waals surface area contributed by atoms with Crippen molar-refractivity contribution >= 4 is 35.5 Å². The monoisotopic (exact) mass is 636 g/mol. The molecule has 0 saturated carbocycles. The number of allylic oxidation sites excluding steroid dienone is 1. The molecule has 5 amide bonds. The maximum absolute atomic E-state index is 14.1. The van der Waals surface area contributed by atoms with Crippen molar-refractivity contribution in [3.8, 4) is 0 Å². The molecule has 0 radical (unpaired) electrons. The minimum Gasteiger partial charge on any atom is -0.467 e. The lowest BCUT2D eigenvalue weighted by Crippen LogP contribution is -2.60. The molecule has 1 rings (SSSR count). The van der Waals surface area contributed by atoms with Crippen LogP contribution in [-0.2, 0) is 33.4 Å². The maximum atomic E-state index is 14.1. The quantitative estimate of drug-likeness (QED) is 0.110. The maximum Gasteiger partial charge on any atom is 0.328 e. The second kappa shape index (κ2) is 17.5. The van der Waals surface area contributed by atoms with Gasteiger partial charge in [0, 0.05) is 12.6 Å². The van der Waals surface area contributed by atoms with Crippen molar-refractivity contribution in [2.75, 3.05) is 27.2 Å². The van der Waals surface area contributed by atoms with Crippen LogP contribution >= 0.6 is 0 Å². The van der Waals surface area contributed by atoms with Crippen molar-refractivity contribution in [3.63, 3.8) is 0 Å². The molecule has 5 N–H and O–H groups in total. The molecule has 1 aliphatic heterocycles. The highest BCUT2D eigenvalue weighted by Gasteiger charge is 2.46. The van der Waals surface area contributed by atoms with E-state index in [0.717, 1.165) is 0 Å². The molecule has 1 heterocycles. The number of nitrogens with two attached hydrogens (primary N) is 1. The number of urea groups is 1. The zero-order valence-corrected chi connectivity index (χ0v) is 28.1. The number of nitrogens with zero attached hydrogens (tertiary/aromatic N) is 2. The summed E-state index contributed by atoms with van der Waals surface area (Å²) in [4.78, 5) is 80.7. The Morgan fingerprint density at radius 1 is 1.09 bits per heavy atom. The fourth-order valence-electron chi connectivity index (χ4n) is 4.72. The molecule has 0 spiro atoms. The number of rotatable bonds is 16. The molecular formula is C31H52N6O8. The zero-order chi connectivity index (χ0) is 34.6. The molecule has 0 bridgehead atoms. The van der Waals surface area contributed by atoms with E-state index in [4.69, 9.17) is 15.2 Å². The number of hydrogen-bond acceptors (Lipinski definition) is 9. The third kappa shape index (κ3) is 11.8. The first-order valence-electron chi connectivity index (χ1n) is 15.1. The van der Waals surface area contributed by atoms with Gasteiger partial charge in [-0.3, -0.25) is 19.2 Å². The van der Waals surface area contributed by atoms with Gasteiger partial charge in [0.1, 0.15) is 30.5 Å². The van der Waals surface area contributed by atoms with Crippen LogP contribution in [0.2, 0.25) is 0 Å². The topological polar surface area (TPSA) is 189 Å². The van der Waals surface area contributed by atoms with E-state index in [0.29, 0.717) is 12.2 Å². The Kier molecular flexibility index (Phi) is 15.2. The van der Waals surface area contributed by atoms with Crippen molar-refractivity contribution in [2.24, 2.45) is 17.1 Å². The molecule has 254 valence electrons. The van der Waals surface area contributed by atoms with Gasteiger partial charge >= 0.3 is 12.0 Å². The molecule has 14 heteroatoms. The first-order chi connectivity index (χ1) is 20.9. The minimum atomic E-state index is -1.15. The van der Waals surface area contributed by atoms with Crippen molar-refractivity contribution in [1.82, 2.24) is 25.8 Å². The summed E-state index contributed by atoms with van der Waals surface area (Å²) in [6, 6.07) is -5.25. The Balaban J connectivity index is 3.17. The van der Waals surface area contributed by atoms with Gasteiger partial charge in [0.05, 0.1) is 12.3 Å². The van der Waals surface area contributed by atoms with E-state index in [1.807, 2.05) is 32.8 Å². The largest absolute Gasteiger partial charge is 0.467 e. The third-order valence-corrected chi connectivity index (χ3v) is 7.81. The Morgan fingerprint density at radius 2 is 1.71 bits per heavy atom. The summed E-state index contributed by atoms with van der Waals surface area (Å²) >= 11 is 0. The molecule has 14 nitrogen and oxygen atoms in total. The average molecular weight is 637 g/mol. The van der Waals surface area contributed by atoms with Gasteiger partial charge in [-0.25, -0.2) is 9.59 Å². The molecule has 0 aromatic rings. The molecule has 1 aliphatic rings. The van der Waals surface area contributed by atoms with E-state index in [9.17, 15) is 28.8 Å². The number of ether oxygens (including phenoxy) is 2. The Bertz CT molecular complexity index is 1130. The minimum absolute atomic E-state index is 0.0210. The average Bonchev–Trinajstić information content (AvgIpc) is 3.42. The fourth-order valence-corrected chi connectivity index (χ4v) is 4.72. The summed E-state index contributed by atoms with van der Waals surface area (Å²) in [6.45, 7) is 15.7. The van der Waals surface area contributed by atoms with Crippen LogP contribution in [-0.4, -0.2) is 103 Å². The molecule has 6 atom stereocenters. The van der Waals surface area contributed by atoms with Crippen molar-refractivity contribution in [3.05, 3.63) is 24.7 Å². The van der Waals surface area contributed by atoms with Crippen LogP contribution < -0.4 is 21.7 Å². The number of amides is 5. The Labute approximate surface area is 266 Å². The normalized spacial score (nSPS) is 19.5. The first-order valence-corrected chi connectivity index (χ1v) is 15.1. The highest BCUT2D eigenvalue weighted by atomic mass is 16.6. The highest BCUT2D eigenvalue weighted by molar-refractivity contribution is 6.37. The molecule has 0 aromatic carbocycles. The number of likely N-dealkylation sites (N-methyl/N-ethyl adjacent to an activating group) is 1. The molecule has 1 saturated heterocycles. The molecule has 1 fully saturated rings. The van der Waals surface area contributed by atoms with Gasteiger partial charge in [-0.15, -0.1) is 0 Å². The number of nitrogens with one attached hydrogen (secondary N) is 3. The highest BCUT2D eigenvalue weighted by Crippen LogP contribution is 2.28. The van der Waals surface area contributed by atoms with E-state index in [-0.39, 0.29) is 38.0 Å². The molecule has 0 aliphatic carbocycles. The summed E-state index contributed by atoms with van der Waals surface area (Å²) in [5.41, 5.74) is 4.45. The van der Waals surface area contributed by atoms with Crippen LogP contribution in [0, 0.1) is 11.3 Å². The van der Waals surface area contributed by atoms with Gasteiger partial charge in [-0.2, -0.15) is 0 Å². The standard InChI is InChI=1S/C31H52N6O8/c1-11-18(4)14-22(24(38)26(32)39)34-27(40)23-15-20(36(9)10)16-37(23)28(41)25(31(6,7)8)35-30(43)33-19(5)29(42)45-17-21(12-2)44-13-3/h12-13,18-20,22-23,25H,3,11,14-17H2,1-2,4-10H3,(H2,32,39)(H,34,40)(H2,33,35,43)/b21-12-/t18?,19?,20?,22?,23-,25?/m0/s1. The zero-order valence-electron chi connectivity index (χ0n) is 28.1. The summed E-state index contributed by atoms with van der Waals surface area (Å²) in [5.74, 6) is -3.51. The predicted molar refractivity (Wildman–Crippen MR) is 168 cm³/mol. The van der Waals surface area contributed by atoms with E-state index >= 15 is 0 Å². The van der Waals surface area contributed by atoms with Crippen LogP contribution in [0.25, 0.3) is 0 Å². The van der Waals surface area contributed by atoms with Gasteiger partial charge < -0.3 is 41.0 Å². The second-order valence-electron chi connectivity index (χ2n) is 12.7. The van der Waals surface area contributed by atoms with E-state index in [1.165, 1.54) is 18.1 Å². The first kappa shape index (κ1) is 39.1. The summed E-state index contributed by atoms with van der Waals surface area (Å²) in [7, 11) is 3.65. The van der Waals surface area contributed by atoms with E-state index in [1.54, 1.807) is 33.8 Å². The Hall–Kier alpha value is -3.94. The fraction of sp³-hybridized carbons (Fsp3) is 0.677. The van der Waals surface area contributed by atoms with Gasteiger partial charge in [0.25, 0.3) is 5.91 Å². The number of carbonyl (C=O) groups excluding carboxylic acids is 6. The number of hydrogen-bond donors (Lipinski definition) is 4. The van der Waals surface area contributed by atoms with Crippen molar-refractivity contribution < 1.29 is 38.2 Å². The molecule has 5 unspecified atom stereocenters. The number of esters is 1. The number of Topliss-reactive ketones (excluding diaryl/α,β-unsaturated/α-hetero) is 1. The molecule has 0 aromatic heterocycles. The van der Waals surface area contributed by atoms with E-state index in [2.05, 4.69) is 22.5 Å². The summed E-state index contributed by atoms with van der Waals surface area (Å²) < 4.78 is 10.3. The lowest BCUT2D eigenvalue weighted by atomic mass is 9.85. The van der Waals surface area contributed by atoms with Gasteiger partial charge in [-0.1, -0.05) is 47.6 Å². The Morgan fingerprint density at radius 3 is 2.20 bits per heavy atom. The third-order valence-electron chi connectivity index (χ3n) is 7.81. The second-order valence-corrected chi connectivity index (χ2v) is 12.7. The lowest BCUT2D eigenvalue weighted by molar-refractivity contribution is -0.145. The van der Waals surface area contributed by atoms with Crippen molar-refractivity contribution in [2.45, 2.75) is 97.9 Å². The van der Waals surface area contributed by atoms with Gasteiger partial charge in [-0.05, 0) is 58.2 Å². The van der Waals surface area contributed by atoms with Crippen LogP contribution in [0.4, 0.5) is 4.79 Å². The number of carbonyl (C=O) groups is 6. The van der Waals surface area contributed by atoms with Gasteiger partial charge in [0.2, 0.25) is 17.6 Å². The predicted octanol–water partition coefficient (Wildman–Crippen LogP) is 1.20. The number of primary amides is 1. The smallest absolute Gasteiger partial charge is 0.328 e. The summed E-state index contributed by atoms with van der Waals surface area (Å²) in [6.07, 6.45) is 4.00.